The van der Waals surface area contributed by atoms with Crippen LogP contribution in [0.1, 0.15) is 13.3 Å². The molecule has 1 aromatic rings. The van der Waals surface area contributed by atoms with Crippen molar-refractivity contribution in [1.29, 1.82) is 0 Å². The standard InChI is InChI=1S/C15H19NO5/c1-3-4-5-13(15(18)19)16-14(17)10-21-12-8-6-11(20-2)7-9-12/h3-4,6-9,13H,5,10H2,1-2H3,(H,16,17)(H,18,19)/b4-3+. The second kappa shape index (κ2) is 8.63. The third-order valence-corrected chi connectivity index (χ3v) is 2.67. The number of benzene rings is 1. The van der Waals surface area contributed by atoms with Crippen molar-refractivity contribution >= 4 is 11.9 Å². The molecule has 1 rings (SSSR count). The van der Waals surface area contributed by atoms with Crippen LogP contribution >= 0.6 is 0 Å². The molecular weight excluding hydrogens is 274 g/mol. The number of hydrogen-bond acceptors (Lipinski definition) is 4. The van der Waals surface area contributed by atoms with Gasteiger partial charge in [0.15, 0.2) is 6.61 Å². The predicted octanol–water partition coefficient (Wildman–Crippen LogP) is 1.61. The van der Waals surface area contributed by atoms with E-state index in [1.54, 1.807) is 50.5 Å². The largest absolute Gasteiger partial charge is 0.497 e. The fourth-order valence-corrected chi connectivity index (χ4v) is 1.55. The predicted molar refractivity (Wildman–Crippen MR) is 77.5 cm³/mol. The van der Waals surface area contributed by atoms with E-state index in [1.165, 1.54) is 0 Å². The lowest BCUT2D eigenvalue weighted by molar-refractivity contribution is -0.142. The van der Waals surface area contributed by atoms with Crippen LogP contribution in [-0.2, 0) is 9.59 Å². The first-order valence-electron chi connectivity index (χ1n) is 6.47. The Labute approximate surface area is 123 Å². The first-order valence-corrected chi connectivity index (χ1v) is 6.47. The normalized spacial score (nSPS) is 11.9. The molecule has 0 aliphatic heterocycles. The second-order valence-corrected chi connectivity index (χ2v) is 4.23. The first-order chi connectivity index (χ1) is 10.1. The number of hydrogen-bond donors (Lipinski definition) is 2. The smallest absolute Gasteiger partial charge is 0.326 e. The van der Waals surface area contributed by atoms with Gasteiger partial charge in [-0.05, 0) is 37.6 Å². The minimum atomic E-state index is -1.08. The molecule has 2 N–H and O–H groups in total. The van der Waals surface area contributed by atoms with Gasteiger partial charge in [-0.3, -0.25) is 4.79 Å². The molecule has 0 saturated heterocycles. The molecule has 1 unspecified atom stereocenters. The fraction of sp³-hybridized carbons (Fsp3) is 0.333. The van der Waals surface area contributed by atoms with E-state index >= 15 is 0 Å². The third-order valence-electron chi connectivity index (χ3n) is 2.67. The van der Waals surface area contributed by atoms with Crippen LogP contribution in [0.3, 0.4) is 0 Å². The SMILES string of the molecule is C/C=C/CC(NC(=O)COc1ccc(OC)cc1)C(=O)O. The molecule has 0 heterocycles. The minimum Gasteiger partial charge on any atom is -0.497 e. The zero-order valence-corrected chi connectivity index (χ0v) is 12.0. The molecule has 6 nitrogen and oxygen atoms in total. The lowest BCUT2D eigenvalue weighted by Crippen LogP contribution is -2.42. The fourth-order valence-electron chi connectivity index (χ4n) is 1.55. The molecule has 6 heteroatoms. The van der Waals surface area contributed by atoms with Gasteiger partial charge in [0.1, 0.15) is 17.5 Å². The van der Waals surface area contributed by atoms with Crippen LogP contribution in [0.15, 0.2) is 36.4 Å². The number of methoxy groups -OCH3 is 1. The maximum absolute atomic E-state index is 11.7. The van der Waals surface area contributed by atoms with Crippen LogP contribution in [0, 0.1) is 0 Å². The molecule has 0 aliphatic rings. The number of allylic oxidation sites excluding steroid dienone is 1. The molecular formula is C15H19NO5. The van der Waals surface area contributed by atoms with E-state index in [2.05, 4.69) is 5.32 Å². The molecule has 114 valence electrons. The van der Waals surface area contributed by atoms with Crippen molar-refractivity contribution < 1.29 is 24.2 Å². The van der Waals surface area contributed by atoms with E-state index in [0.29, 0.717) is 11.5 Å². The van der Waals surface area contributed by atoms with Gasteiger partial charge in [-0.2, -0.15) is 0 Å². The number of carboxylic acid groups (broad SMARTS) is 1. The summed E-state index contributed by atoms with van der Waals surface area (Å²) in [6.07, 6.45) is 3.65. The van der Waals surface area contributed by atoms with Crippen molar-refractivity contribution in [1.82, 2.24) is 5.32 Å². The molecule has 0 fully saturated rings. The Kier molecular flexibility index (Phi) is 6.80. The van der Waals surface area contributed by atoms with Crippen molar-refractivity contribution in [3.05, 3.63) is 36.4 Å². The Morgan fingerprint density at radius 3 is 2.43 bits per heavy atom. The molecule has 0 spiro atoms. The summed E-state index contributed by atoms with van der Waals surface area (Å²) < 4.78 is 10.3. The summed E-state index contributed by atoms with van der Waals surface area (Å²) in [6.45, 7) is 1.54. The number of nitrogens with one attached hydrogen (secondary N) is 1. The van der Waals surface area contributed by atoms with Gasteiger partial charge in [0.2, 0.25) is 0 Å². The monoisotopic (exact) mass is 293 g/mol. The topological polar surface area (TPSA) is 84.9 Å². The molecule has 1 aromatic carbocycles. The second-order valence-electron chi connectivity index (χ2n) is 4.23. The van der Waals surface area contributed by atoms with Gasteiger partial charge in [0.25, 0.3) is 5.91 Å². The molecule has 1 amide bonds. The van der Waals surface area contributed by atoms with Crippen molar-refractivity contribution in [2.45, 2.75) is 19.4 Å². The van der Waals surface area contributed by atoms with Crippen molar-refractivity contribution in [3.63, 3.8) is 0 Å². The van der Waals surface area contributed by atoms with Crippen molar-refractivity contribution in [3.8, 4) is 11.5 Å². The lowest BCUT2D eigenvalue weighted by atomic mass is 10.2. The van der Waals surface area contributed by atoms with Crippen LogP contribution in [0.2, 0.25) is 0 Å². The summed E-state index contributed by atoms with van der Waals surface area (Å²) in [7, 11) is 1.56. The van der Waals surface area contributed by atoms with Crippen LogP contribution in [0.4, 0.5) is 0 Å². The van der Waals surface area contributed by atoms with Gasteiger partial charge in [0.05, 0.1) is 7.11 Å². The highest BCUT2D eigenvalue weighted by Crippen LogP contribution is 2.16. The summed E-state index contributed by atoms with van der Waals surface area (Å²) in [5.74, 6) is -0.371. The molecule has 0 aliphatic carbocycles. The summed E-state index contributed by atoms with van der Waals surface area (Å²) in [4.78, 5) is 22.7. The quantitative estimate of drug-likeness (QED) is 0.711. The van der Waals surface area contributed by atoms with Gasteiger partial charge < -0.3 is 19.9 Å². The number of carboxylic acids is 1. The van der Waals surface area contributed by atoms with E-state index in [-0.39, 0.29) is 13.0 Å². The van der Waals surface area contributed by atoms with Crippen molar-refractivity contribution in [2.24, 2.45) is 0 Å². The summed E-state index contributed by atoms with van der Waals surface area (Å²) >= 11 is 0. The maximum atomic E-state index is 11.7. The zero-order chi connectivity index (χ0) is 15.7. The van der Waals surface area contributed by atoms with E-state index in [0.717, 1.165) is 0 Å². The lowest BCUT2D eigenvalue weighted by Gasteiger charge is -2.13. The van der Waals surface area contributed by atoms with Crippen LogP contribution < -0.4 is 14.8 Å². The van der Waals surface area contributed by atoms with Crippen LogP contribution in [-0.4, -0.2) is 36.7 Å². The van der Waals surface area contributed by atoms with Gasteiger partial charge in [0, 0.05) is 0 Å². The van der Waals surface area contributed by atoms with Gasteiger partial charge in [-0.15, -0.1) is 0 Å². The maximum Gasteiger partial charge on any atom is 0.326 e. The number of ether oxygens (including phenoxy) is 2. The zero-order valence-electron chi connectivity index (χ0n) is 12.0. The molecule has 21 heavy (non-hydrogen) atoms. The average molecular weight is 293 g/mol. The highest BCUT2D eigenvalue weighted by molar-refractivity contribution is 5.84. The first kappa shape index (κ1) is 16.6. The molecule has 0 aromatic heterocycles. The number of amides is 1. The Bertz CT molecular complexity index is 495. The average Bonchev–Trinajstić information content (AvgIpc) is 2.49. The van der Waals surface area contributed by atoms with E-state index in [4.69, 9.17) is 14.6 Å². The molecule has 0 saturated carbocycles. The summed E-state index contributed by atoms with van der Waals surface area (Å²) in [5, 5.41) is 11.4. The molecule has 0 radical (unpaired) electrons. The van der Waals surface area contributed by atoms with Crippen molar-refractivity contribution in [2.75, 3.05) is 13.7 Å². The van der Waals surface area contributed by atoms with E-state index < -0.39 is 17.9 Å². The van der Waals surface area contributed by atoms with E-state index in [1.807, 2.05) is 0 Å². The van der Waals surface area contributed by atoms with Crippen LogP contribution in [0.25, 0.3) is 0 Å². The third kappa shape index (κ3) is 5.99. The summed E-state index contributed by atoms with van der Waals surface area (Å²) in [6, 6.07) is 5.80. The number of aliphatic carboxylic acids is 1. The van der Waals surface area contributed by atoms with Gasteiger partial charge in [-0.1, -0.05) is 12.2 Å². The Hall–Kier alpha value is -2.50. The van der Waals surface area contributed by atoms with Crippen LogP contribution in [0.5, 0.6) is 11.5 Å². The number of rotatable bonds is 8. The Balaban J connectivity index is 2.46. The highest BCUT2D eigenvalue weighted by atomic mass is 16.5. The Morgan fingerprint density at radius 2 is 1.90 bits per heavy atom. The van der Waals surface area contributed by atoms with E-state index in [9.17, 15) is 9.59 Å². The number of carbonyl (C=O) groups is 2. The molecule has 1 atom stereocenters. The molecule has 0 bridgehead atoms. The Morgan fingerprint density at radius 1 is 1.29 bits per heavy atom. The number of carbonyl (C=O) groups excluding carboxylic acids is 1. The van der Waals surface area contributed by atoms with Gasteiger partial charge in [-0.25, -0.2) is 4.79 Å². The highest BCUT2D eigenvalue weighted by Gasteiger charge is 2.18. The van der Waals surface area contributed by atoms with Gasteiger partial charge >= 0.3 is 5.97 Å². The minimum absolute atomic E-state index is 0.236. The summed E-state index contributed by atoms with van der Waals surface area (Å²) in [5.41, 5.74) is 0.